The molecule has 1 aromatic heterocycles. The zero-order chi connectivity index (χ0) is 14.8. The van der Waals surface area contributed by atoms with Gasteiger partial charge in [-0.25, -0.2) is 4.39 Å². The minimum atomic E-state index is -4.69. The predicted octanol–water partition coefficient (Wildman–Crippen LogP) is 4.07. The summed E-state index contributed by atoms with van der Waals surface area (Å²) in [7, 11) is 0. The molecule has 1 atom stereocenters. The van der Waals surface area contributed by atoms with Crippen molar-refractivity contribution in [2.75, 3.05) is 0 Å². The third-order valence-corrected chi connectivity index (χ3v) is 3.01. The monoisotopic (exact) mass is 287 g/mol. The van der Waals surface area contributed by atoms with E-state index in [9.17, 15) is 17.6 Å². The van der Waals surface area contributed by atoms with Gasteiger partial charge < -0.3 is 10.2 Å². The average Bonchev–Trinajstić information content (AvgIpc) is 2.87. The predicted molar refractivity (Wildman–Crippen MR) is 65.4 cm³/mol. The van der Waals surface area contributed by atoms with E-state index in [1.165, 1.54) is 12.3 Å². The zero-order valence-electron chi connectivity index (χ0n) is 10.5. The molecule has 1 unspecified atom stereocenters. The van der Waals surface area contributed by atoms with Gasteiger partial charge in [0, 0.05) is 12.5 Å². The molecule has 0 aliphatic carbocycles. The molecule has 0 spiro atoms. The summed E-state index contributed by atoms with van der Waals surface area (Å²) in [5.41, 5.74) is 4.91. The first-order chi connectivity index (χ1) is 9.38. The number of aryl methyl sites for hydroxylation is 1. The second-order valence-corrected chi connectivity index (χ2v) is 4.46. The van der Waals surface area contributed by atoms with Crippen LogP contribution in [0.25, 0.3) is 0 Å². The third-order valence-electron chi connectivity index (χ3n) is 3.01. The summed E-state index contributed by atoms with van der Waals surface area (Å²) in [6.45, 7) is 0. The van der Waals surface area contributed by atoms with Crippen LogP contribution in [0.2, 0.25) is 0 Å². The maximum atomic E-state index is 13.4. The quantitative estimate of drug-likeness (QED) is 0.861. The number of halogens is 4. The molecule has 2 N–H and O–H groups in total. The fraction of sp³-hybridized carbons (Fsp3) is 0.286. The van der Waals surface area contributed by atoms with E-state index in [1.807, 2.05) is 0 Å². The largest absolute Gasteiger partial charge is 0.469 e. The number of hydrogen-bond acceptors (Lipinski definition) is 2. The van der Waals surface area contributed by atoms with Crippen LogP contribution in [0.3, 0.4) is 0 Å². The molecule has 2 nitrogen and oxygen atoms in total. The van der Waals surface area contributed by atoms with Crippen LogP contribution in [0.5, 0.6) is 0 Å². The first kappa shape index (κ1) is 14.6. The molecule has 6 heteroatoms. The van der Waals surface area contributed by atoms with Crippen LogP contribution in [-0.2, 0) is 12.6 Å². The first-order valence-electron chi connectivity index (χ1n) is 6.02. The third kappa shape index (κ3) is 3.39. The lowest BCUT2D eigenvalue weighted by Crippen LogP contribution is -2.14. The van der Waals surface area contributed by atoms with Crippen molar-refractivity contribution in [3.63, 3.8) is 0 Å². The molecule has 1 aromatic carbocycles. The van der Waals surface area contributed by atoms with Crippen molar-refractivity contribution in [3.05, 3.63) is 59.3 Å². The molecule has 0 saturated heterocycles. The Labute approximate surface area is 113 Å². The van der Waals surface area contributed by atoms with Crippen molar-refractivity contribution in [2.24, 2.45) is 5.73 Å². The lowest BCUT2D eigenvalue weighted by molar-refractivity contribution is -0.140. The zero-order valence-corrected chi connectivity index (χ0v) is 10.5. The van der Waals surface area contributed by atoms with E-state index in [4.69, 9.17) is 10.2 Å². The topological polar surface area (TPSA) is 39.2 Å². The summed E-state index contributed by atoms with van der Waals surface area (Å²) in [5.74, 6) is -0.573. The van der Waals surface area contributed by atoms with Crippen LogP contribution in [0, 0.1) is 5.82 Å². The normalized spacial score (nSPS) is 13.4. The molecule has 0 amide bonds. The molecule has 0 saturated carbocycles. The molecule has 20 heavy (non-hydrogen) atoms. The average molecular weight is 287 g/mol. The molecule has 0 radical (unpaired) electrons. The van der Waals surface area contributed by atoms with Gasteiger partial charge in [-0.1, -0.05) is 6.07 Å². The fourth-order valence-corrected chi connectivity index (χ4v) is 1.91. The summed E-state index contributed by atoms with van der Waals surface area (Å²) in [4.78, 5) is 0. The Balaban J connectivity index is 2.07. The summed E-state index contributed by atoms with van der Waals surface area (Å²) in [6, 6.07) is 5.74. The minimum Gasteiger partial charge on any atom is -0.469 e. The first-order valence-corrected chi connectivity index (χ1v) is 6.02. The molecule has 0 aliphatic heterocycles. The van der Waals surface area contributed by atoms with E-state index in [1.54, 1.807) is 12.1 Å². The molecule has 0 bridgehead atoms. The van der Waals surface area contributed by atoms with E-state index in [0.29, 0.717) is 18.4 Å². The smallest absolute Gasteiger partial charge is 0.419 e. The number of hydrogen-bond donors (Lipinski definition) is 1. The fourth-order valence-electron chi connectivity index (χ4n) is 1.91. The number of alkyl halides is 3. The molecular formula is C14H13F4NO. The van der Waals surface area contributed by atoms with E-state index in [-0.39, 0.29) is 0 Å². The van der Waals surface area contributed by atoms with Crippen molar-refractivity contribution in [3.8, 4) is 0 Å². The highest BCUT2D eigenvalue weighted by Crippen LogP contribution is 2.32. The van der Waals surface area contributed by atoms with Gasteiger partial charge in [-0.15, -0.1) is 0 Å². The van der Waals surface area contributed by atoms with Gasteiger partial charge in [-0.3, -0.25) is 0 Å². The Morgan fingerprint density at radius 1 is 1.20 bits per heavy atom. The van der Waals surface area contributed by atoms with Crippen molar-refractivity contribution in [1.82, 2.24) is 0 Å². The van der Waals surface area contributed by atoms with Gasteiger partial charge in [0.15, 0.2) is 0 Å². The summed E-state index contributed by atoms with van der Waals surface area (Å²) >= 11 is 0. The Kier molecular flexibility index (Phi) is 4.13. The van der Waals surface area contributed by atoms with Gasteiger partial charge in [-0.2, -0.15) is 13.2 Å². The molecule has 1 heterocycles. The minimum absolute atomic E-state index is 0.335. The number of furan rings is 1. The van der Waals surface area contributed by atoms with Crippen LogP contribution in [-0.4, -0.2) is 0 Å². The Morgan fingerprint density at radius 2 is 1.95 bits per heavy atom. The van der Waals surface area contributed by atoms with Gasteiger partial charge >= 0.3 is 6.18 Å². The number of rotatable bonds is 4. The van der Waals surface area contributed by atoms with Crippen LogP contribution >= 0.6 is 0 Å². The van der Waals surface area contributed by atoms with Gasteiger partial charge in [0.1, 0.15) is 11.6 Å². The molecular weight excluding hydrogens is 274 g/mol. The molecule has 0 aliphatic rings. The maximum absolute atomic E-state index is 13.4. The molecule has 108 valence electrons. The van der Waals surface area contributed by atoms with Crippen LogP contribution in [0.1, 0.15) is 29.3 Å². The second-order valence-electron chi connectivity index (χ2n) is 4.46. The molecule has 0 fully saturated rings. The maximum Gasteiger partial charge on any atom is 0.419 e. The number of benzene rings is 1. The van der Waals surface area contributed by atoms with E-state index in [0.717, 1.165) is 17.9 Å². The van der Waals surface area contributed by atoms with E-state index in [2.05, 4.69) is 0 Å². The van der Waals surface area contributed by atoms with Crippen LogP contribution in [0.4, 0.5) is 17.6 Å². The molecule has 2 aromatic rings. The van der Waals surface area contributed by atoms with Crippen molar-refractivity contribution >= 4 is 0 Å². The van der Waals surface area contributed by atoms with Gasteiger partial charge in [0.2, 0.25) is 0 Å². The van der Waals surface area contributed by atoms with Gasteiger partial charge in [0.05, 0.1) is 11.8 Å². The van der Waals surface area contributed by atoms with Crippen LogP contribution in [0.15, 0.2) is 41.0 Å². The Morgan fingerprint density at radius 3 is 2.50 bits per heavy atom. The van der Waals surface area contributed by atoms with Crippen LogP contribution < -0.4 is 5.73 Å². The highest BCUT2D eigenvalue weighted by atomic mass is 19.4. The van der Waals surface area contributed by atoms with Crippen molar-refractivity contribution < 1.29 is 22.0 Å². The van der Waals surface area contributed by atoms with E-state index >= 15 is 0 Å². The van der Waals surface area contributed by atoms with Crippen molar-refractivity contribution in [1.29, 1.82) is 0 Å². The summed E-state index contributed by atoms with van der Waals surface area (Å²) in [6.07, 6.45) is -2.17. The Hall–Kier alpha value is -1.82. The number of nitrogens with two attached hydrogens (primary N) is 1. The van der Waals surface area contributed by atoms with Gasteiger partial charge in [-0.05, 0) is 36.2 Å². The summed E-state index contributed by atoms with van der Waals surface area (Å²) < 4.78 is 55.9. The lowest BCUT2D eigenvalue weighted by atomic mass is 10.0. The standard InChI is InChI=1S/C14H13F4NO/c15-12-8-9(3-5-11(12)14(16,17)18)13(19)6-4-10-2-1-7-20-10/h1-3,5,7-8,13H,4,6,19H2. The SMILES string of the molecule is NC(CCc1ccco1)c1ccc(C(F)(F)F)c(F)c1. The van der Waals surface area contributed by atoms with E-state index < -0.39 is 23.6 Å². The highest BCUT2D eigenvalue weighted by molar-refractivity contribution is 5.28. The van der Waals surface area contributed by atoms with Crippen molar-refractivity contribution in [2.45, 2.75) is 25.1 Å². The molecule has 2 rings (SSSR count). The Bertz CT molecular complexity index is 563. The lowest BCUT2D eigenvalue weighted by Gasteiger charge is -2.14. The highest BCUT2D eigenvalue weighted by Gasteiger charge is 2.34. The summed E-state index contributed by atoms with van der Waals surface area (Å²) in [5, 5.41) is 0. The van der Waals surface area contributed by atoms with Gasteiger partial charge in [0.25, 0.3) is 0 Å². The second kappa shape index (κ2) is 5.66.